The van der Waals surface area contributed by atoms with Crippen molar-refractivity contribution in [3.05, 3.63) is 0 Å². The minimum absolute atomic E-state index is 0. The Bertz CT molecular complexity index is 215. The average molecular weight is 218 g/mol. The van der Waals surface area contributed by atoms with E-state index < -0.39 is 10.4 Å². The average Bonchev–Trinajstić information content (AvgIpc) is 2.03. The van der Waals surface area contributed by atoms with Crippen molar-refractivity contribution in [1.29, 1.82) is 0 Å². The molecule has 1 atom stereocenters. The van der Waals surface area contributed by atoms with Crippen LogP contribution in [0.15, 0.2) is 0 Å². The summed E-state index contributed by atoms with van der Waals surface area (Å²) in [6.45, 7) is 4.15. The Morgan fingerprint density at radius 1 is 1.36 bits per heavy atom. The second-order valence-electron chi connectivity index (χ2n) is 3.13. The van der Waals surface area contributed by atoms with E-state index in [1.54, 1.807) is 0 Å². The van der Waals surface area contributed by atoms with E-state index in [0.717, 1.165) is 25.7 Å². The van der Waals surface area contributed by atoms with Gasteiger partial charge in [0.05, 0.1) is 6.61 Å². The summed E-state index contributed by atoms with van der Waals surface area (Å²) >= 11 is 0. The SMILES string of the molecule is CCCCC(CC)COS(=O)(=O)O.[LiH]. The van der Waals surface area contributed by atoms with E-state index in [0.29, 0.717) is 0 Å². The number of rotatable bonds is 7. The van der Waals surface area contributed by atoms with E-state index in [9.17, 15) is 8.42 Å². The Kier molecular flexibility index (Phi) is 10.6. The van der Waals surface area contributed by atoms with Gasteiger partial charge in [-0.15, -0.1) is 0 Å². The number of hydrogen-bond acceptors (Lipinski definition) is 3. The van der Waals surface area contributed by atoms with Crippen LogP contribution in [0, 0.1) is 5.92 Å². The van der Waals surface area contributed by atoms with E-state index in [1.807, 2.05) is 6.92 Å². The van der Waals surface area contributed by atoms with Gasteiger partial charge in [-0.25, -0.2) is 4.18 Å². The fourth-order valence-electron chi connectivity index (χ4n) is 1.08. The Hall–Kier alpha value is 0.467. The normalized spacial score (nSPS) is 13.4. The summed E-state index contributed by atoms with van der Waals surface area (Å²) in [5.41, 5.74) is 0. The van der Waals surface area contributed by atoms with Crippen molar-refractivity contribution < 1.29 is 17.2 Å². The molecule has 0 bridgehead atoms. The van der Waals surface area contributed by atoms with E-state index in [1.165, 1.54) is 0 Å². The van der Waals surface area contributed by atoms with Crippen LogP contribution in [0.3, 0.4) is 0 Å². The summed E-state index contributed by atoms with van der Waals surface area (Å²) in [7, 11) is -4.25. The van der Waals surface area contributed by atoms with Crippen molar-refractivity contribution in [3.8, 4) is 0 Å². The molecule has 0 aromatic heterocycles. The molecule has 0 spiro atoms. The number of unbranched alkanes of at least 4 members (excludes halogenated alkanes) is 1. The zero-order chi connectivity index (χ0) is 10.3. The van der Waals surface area contributed by atoms with Gasteiger partial charge in [0.25, 0.3) is 0 Å². The van der Waals surface area contributed by atoms with Gasteiger partial charge in [0.2, 0.25) is 0 Å². The maximum atomic E-state index is 10.3. The van der Waals surface area contributed by atoms with Crippen molar-refractivity contribution in [2.75, 3.05) is 6.61 Å². The van der Waals surface area contributed by atoms with Gasteiger partial charge in [-0.1, -0.05) is 33.1 Å². The molecule has 0 rings (SSSR count). The van der Waals surface area contributed by atoms with E-state index >= 15 is 0 Å². The van der Waals surface area contributed by atoms with Crippen molar-refractivity contribution in [1.82, 2.24) is 0 Å². The molecule has 0 fully saturated rings. The Morgan fingerprint density at radius 3 is 2.29 bits per heavy atom. The summed E-state index contributed by atoms with van der Waals surface area (Å²) in [6.07, 6.45) is 3.97. The fraction of sp³-hybridized carbons (Fsp3) is 1.00. The Labute approximate surface area is 98.5 Å². The van der Waals surface area contributed by atoms with Gasteiger partial charge in [-0.2, -0.15) is 8.42 Å². The molecule has 1 unspecified atom stereocenters. The van der Waals surface area contributed by atoms with Gasteiger partial charge in [0.15, 0.2) is 0 Å². The summed E-state index contributed by atoms with van der Waals surface area (Å²) < 4.78 is 33.2. The van der Waals surface area contributed by atoms with Gasteiger partial charge in [0.1, 0.15) is 0 Å². The monoisotopic (exact) mass is 218 g/mol. The van der Waals surface area contributed by atoms with Crippen LogP contribution in [0.5, 0.6) is 0 Å². The quantitative estimate of drug-likeness (QED) is 0.518. The summed E-state index contributed by atoms with van der Waals surface area (Å²) in [5, 5.41) is 0. The first-order chi connectivity index (χ1) is 5.99. The Balaban J connectivity index is 0. The molecule has 4 nitrogen and oxygen atoms in total. The molecule has 0 radical (unpaired) electrons. The van der Waals surface area contributed by atoms with E-state index in [2.05, 4.69) is 11.1 Å². The molecule has 0 aromatic carbocycles. The molecule has 0 heterocycles. The predicted octanol–water partition coefficient (Wildman–Crippen LogP) is 1.37. The molecule has 0 aliphatic heterocycles. The van der Waals surface area contributed by atoms with Crippen molar-refractivity contribution in [3.63, 3.8) is 0 Å². The van der Waals surface area contributed by atoms with Gasteiger partial charge in [-0.3, -0.25) is 4.55 Å². The molecule has 0 aliphatic carbocycles. The fourth-order valence-corrected chi connectivity index (χ4v) is 1.44. The van der Waals surface area contributed by atoms with Crippen molar-refractivity contribution >= 4 is 29.3 Å². The van der Waals surface area contributed by atoms with E-state index in [-0.39, 0.29) is 31.4 Å². The first kappa shape index (κ1) is 16.9. The standard InChI is InChI=1S/C8H18O4S.Li.H/c1-3-5-6-8(4-2)7-12-13(9,10)11;;/h8H,3-7H2,1-2H3,(H,9,10,11);;. The zero-order valence-corrected chi connectivity index (χ0v) is 9.01. The second kappa shape index (κ2) is 8.75. The third kappa shape index (κ3) is 10.5. The van der Waals surface area contributed by atoms with Crippen LogP contribution in [0.25, 0.3) is 0 Å². The molecule has 82 valence electrons. The van der Waals surface area contributed by atoms with Gasteiger partial charge in [-0.05, 0) is 12.3 Å². The molecule has 0 aliphatic rings. The molecule has 0 amide bonds. The first-order valence-corrected chi connectivity index (χ1v) is 5.98. The summed E-state index contributed by atoms with van der Waals surface area (Å²) in [5.74, 6) is 0.224. The molecular formula is C8H19LiO4S. The summed E-state index contributed by atoms with van der Waals surface area (Å²) in [6, 6.07) is 0. The molecular weight excluding hydrogens is 199 g/mol. The van der Waals surface area contributed by atoms with Crippen LogP contribution < -0.4 is 0 Å². The van der Waals surface area contributed by atoms with Crippen molar-refractivity contribution in [2.45, 2.75) is 39.5 Å². The molecule has 0 aromatic rings. The molecule has 0 saturated carbocycles. The van der Waals surface area contributed by atoms with Crippen molar-refractivity contribution in [2.24, 2.45) is 5.92 Å². The van der Waals surface area contributed by atoms with Gasteiger partial charge >= 0.3 is 29.3 Å². The molecule has 6 heteroatoms. The summed E-state index contributed by atoms with van der Waals surface area (Å²) in [4.78, 5) is 0. The second-order valence-corrected chi connectivity index (χ2v) is 4.22. The van der Waals surface area contributed by atoms with E-state index in [4.69, 9.17) is 4.55 Å². The predicted molar refractivity (Wildman–Crippen MR) is 58.0 cm³/mol. The van der Waals surface area contributed by atoms with Crippen LogP contribution in [0.4, 0.5) is 0 Å². The van der Waals surface area contributed by atoms with Crippen LogP contribution in [0.1, 0.15) is 39.5 Å². The first-order valence-electron chi connectivity index (χ1n) is 4.61. The Morgan fingerprint density at radius 2 is 1.93 bits per heavy atom. The van der Waals surface area contributed by atoms with Gasteiger partial charge < -0.3 is 0 Å². The molecule has 1 N–H and O–H groups in total. The van der Waals surface area contributed by atoms with Crippen LogP contribution >= 0.6 is 0 Å². The maximum absolute atomic E-state index is 10.3. The number of hydrogen-bond donors (Lipinski definition) is 1. The molecule has 0 saturated heterocycles. The topological polar surface area (TPSA) is 63.6 Å². The van der Waals surface area contributed by atoms with Crippen LogP contribution in [-0.4, -0.2) is 38.4 Å². The van der Waals surface area contributed by atoms with Gasteiger partial charge in [0, 0.05) is 0 Å². The zero-order valence-electron chi connectivity index (χ0n) is 8.19. The molecule has 14 heavy (non-hydrogen) atoms. The third-order valence-electron chi connectivity index (χ3n) is 2.00. The van der Waals surface area contributed by atoms with Crippen LogP contribution in [-0.2, 0) is 14.6 Å². The third-order valence-corrected chi connectivity index (χ3v) is 2.43. The minimum atomic E-state index is -4.25. The van der Waals surface area contributed by atoms with Crippen LogP contribution in [0.2, 0.25) is 0 Å².